The number of nitrogens with one attached hydrogen (secondary N) is 1. The summed E-state index contributed by atoms with van der Waals surface area (Å²) in [4.78, 5) is 14.6. The van der Waals surface area contributed by atoms with Crippen molar-refractivity contribution < 1.29 is 9.90 Å². The molecule has 2 heterocycles. The predicted octanol–water partition coefficient (Wildman–Crippen LogP) is 5.38. The molecule has 0 aliphatic heterocycles. The highest BCUT2D eigenvalue weighted by Crippen LogP contribution is 2.37. The number of nitrogens with zero attached hydrogens (tertiary/aromatic N) is 1. The van der Waals surface area contributed by atoms with Crippen molar-refractivity contribution >= 4 is 32.8 Å². The summed E-state index contributed by atoms with van der Waals surface area (Å²) in [5.41, 5.74) is 4.06. The lowest BCUT2D eigenvalue weighted by atomic mass is 9.91. The van der Waals surface area contributed by atoms with Gasteiger partial charge in [0.1, 0.15) is 0 Å². The Bertz CT molecular complexity index is 879. The van der Waals surface area contributed by atoms with Crippen LogP contribution in [0.15, 0.2) is 41.1 Å². The Kier molecular flexibility index (Phi) is 4.81. The second kappa shape index (κ2) is 6.85. The number of halogens is 1. The molecule has 126 valence electrons. The van der Waals surface area contributed by atoms with Crippen LogP contribution in [-0.2, 0) is 6.42 Å². The van der Waals surface area contributed by atoms with Crippen molar-refractivity contribution in [2.45, 2.75) is 39.2 Å². The van der Waals surface area contributed by atoms with Crippen molar-refractivity contribution in [3.05, 3.63) is 58.0 Å². The van der Waals surface area contributed by atoms with Gasteiger partial charge in [-0.25, -0.2) is 4.79 Å². The number of aromatic amines is 1. The normalized spacial score (nSPS) is 16.4. The van der Waals surface area contributed by atoms with E-state index < -0.39 is 5.97 Å². The highest BCUT2D eigenvalue weighted by molar-refractivity contribution is 9.10. The molecule has 5 heteroatoms. The number of hydrogen-bond acceptors (Lipinski definition) is 1. The molecule has 2 N–H and O–H groups in total. The van der Waals surface area contributed by atoms with Crippen LogP contribution >= 0.6 is 15.9 Å². The zero-order valence-corrected chi connectivity index (χ0v) is 15.4. The first-order chi connectivity index (χ1) is 11.6. The number of benzene rings is 1. The lowest BCUT2D eigenvalue weighted by Gasteiger charge is -2.24. The summed E-state index contributed by atoms with van der Waals surface area (Å²) in [5, 5.41) is 10.4. The third kappa shape index (κ3) is 2.88. The average Bonchev–Trinajstić information content (AvgIpc) is 3.21. The van der Waals surface area contributed by atoms with Crippen LogP contribution in [0, 0.1) is 0 Å². The molecule has 1 aromatic carbocycles. The van der Waals surface area contributed by atoms with Gasteiger partial charge in [-0.05, 0) is 49.1 Å². The molecule has 0 saturated carbocycles. The Balaban J connectivity index is 0.000000815. The number of hydrogen-bond donors (Lipinski definition) is 2. The van der Waals surface area contributed by atoms with Crippen molar-refractivity contribution in [1.82, 2.24) is 9.55 Å². The van der Waals surface area contributed by atoms with E-state index in [1.807, 2.05) is 30.7 Å². The number of carbonyl (C=O) groups is 1. The van der Waals surface area contributed by atoms with Crippen LogP contribution in [0.5, 0.6) is 0 Å². The number of fused-ring (bicyclic) bond motifs is 3. The van der Waals surface area contributed by atoms with Crippen LogP contribution in [0.2, 0.25) is 0 Å². The number of carboxylic acid groups (broad SMARTS) is 1. The predicted molar refractivity (Wildman–Crippen MR) is 99.8 cm³/mol. The molecular weight excluding hydrogens is 368 g/mol. The van der Waals surface area contributed by atoms with E-state index in [-0.39, 0.29) is 6.04 Å². The van der Waals surface area contributed by atoms with Gasteiger partial charge in [0.25, 0.3) is 0 Å². The van der Waals surface area contributed by atoms with Crippen molar-refractivity contribution in [2.75, 3.05) is 0 Å². The van der Waals surface area contributed by atoms with E-state index in [1.54, 1.807) is 12.3 Å². The van der Waals surface area contributed by atoms with Gasteiger partial charge in [0.15, 0.2) is 0 Å². The van der Waals surface area contributed by atoms with Gasteiger partial charge < -0.3 is 14.7 Å². The highest BCUT2D eigenvalue weighted by Gasteiger charge is 2.25. The molecule has 0 saturated heterocycles. The second-order valence-electron chi connectivity index (χ2n) is 5.77. The first-order valence-corrected chi connectivity index (χ1v) is 9.13. The zero-order valence-electron chi connectivity index (χ0n) is 13.8. The Morgan fingerprint density at radius 2 is 2.12 bits per heavy atom. The maximum Gasteiger partial charge on any atom is 0.337 e. The lowest BCUT2D eigenvalue weighted by molar-refractivity contribution is 0.0697. The first-order valence-electron chi connectivity index (χ1n) is 8.34. The molecule has 3 aromatic rings. The fourth-order valence-corrected chi connectivity index (χ4v) is 3.80. The summed E-state index contributed by atoms with van der Waals surface area (Å²) < 4.78 is 3.10. The fraction of sp³-hybridized carbons (Fsp3) is 0.316. The number of rotatable bonds is 2. The third-order valence-electron chi connectivity index (χ3n) is 4.46. The van der Waals surface area contributed by atoms with Gasteiger partial charge in [0, 0.05) is 33.5 Å². The first kappa shape index (κ1) is 16.8. The Morgan fingerprint density at radius 3 is 2.83 bits per heavy atom. The molecule has 1 unspecified atom stereocenters. The number of carboxylic acids is 1. The molecule has 0 fully saturated rings. The topological polar surface area (TPSA) is 58.0 Å². The van der Waals surface area contributed by atoms with Crippen LogP contribution in [0.1, 0.15) is 54.3 Å². The Morgan fingerprint density at radius 1 is 1.33 bits per heavy atom. The molecule has 24 heavy (non-hydrogen) atoms. The van der Waals surface area contributed by atoms with Gasteiger partial charge in [-0.3, -0.25) is 0 Å². The zero-order chi connectivity index (χ0) is 17.3. The second-order valence-corrected chi connectivity index (χ2v) is 6.68. The number of H-pyrrole nitrogens is 1. The van der Waals surface area contributed by atoms with E-state index in [0.717, 1.165) is 29.3 Å². The van der Waals surface area contributed by atoms with Gasteiger partial charge in [-0.1, -0.05) is 29.8 Å². The number of aryl methyl sites for hydroxylation is 1. The van der Waals surface area contributed by atoms with Crippen LogP contribution in [0.3, 0.4) is 0 Å². The lowest BCUT2D eigenvalue weighted by Crippen LogP contribution is -2.15. The van der Waals surface area contributed by atoms with E-state index in [1.165, 1.54) is 16.6 Å². The van der Waals surface area contributed by atoms with Gasteiger partial charge in [0.05, 0.1) is 11.6 Å². The quantitative estimate of drug-likeness (QED) is 0.618. The van der Waals surface area contributed by atoms with Crippen molar-refractivity contribution in [2.24, 2.45) is 0 Å². The maximum absolute atomic E-state index is 11.1. The minimum atomic E-state index is -0.879. The molecule has 4 nitrogen and oxygen atoms in total. The molecule has 1 atom stereocenters. The van der Waals surface area contributed by atoms with Crippen LogP contribution in [0.4, 0.5) is 0 Å². The minimum Gasteiger partial charge on any atom is -0.478 e. The van der Waals surface area contributed by atoms with E-state index >= 15 is 0 Å². The van der Waals surface area contributed by atoms with Crippen LogP contribution in [-0.4, -0.2) is 20.6 Å². The molecule has 2 aromatic heterocycles. The van der Waals surface area contributed by atoms with E-state index in [2.05, 4.69) is 33.0 Å². The fourth-order valence-electron chi connectivity index (χ4n) is 3.44. The molecule has 1 aliphatic carbocycles. The molecule has 0 spiro atoms. The summed E-state index contributed by atoms with van der Waals surface area (Å²) in [6.07, 6.45) is 6.79. The maximum atomic E-state index is 11.1. The molecule has 0 amide bonds. The van der Waals surface area contributed by atoms with Gasteiger partial charge in [-0.15, -0.1) is 0 Å². The SMILES string of the molecule is CC.O=C(O)c1ccn(C2CCCc3c2[nH]c2ccc(Br)cc32)c1. The van der Waals surface area contributed by atoms with Gasteiger partial charge in [-0.2, -0.15) is 0 Å². The van der Waals surface area contributed by atoms with Gasteiger partial charge in [0.2, 0.25) is 0 Å². The van der Waals surface area contributed by atoms with Crippen molar-refractivity contribution in [1.29, 1.82) is 0 Å². The van der Waals surface area contributed by atoms with E-state index in [4.69, 9.17) is 5.11 Å². The minimum absolute atomic E-state index is 0.183. The number of aromatic nitrogens is 2. The molecule has 0 radical (unpaired) electrons. The Hall–Kier alpha value is -2.01. The average molecular weight is 389 g/mol. The standard InChI is InChI=1S/C17H15BrN2O2.C2H6/c18-11-4-5-14-13(8-11)12-2-1-3-15(16(12)19-14)20-7-6-10(9-20)17(21)22;1-2/h4-9,15,19H,1-3H2,(H,21,22);1-2H3. The third-order valence-corrected chi connectivity index (χ3v) is 4.95. The number of aromatic carboxylic acids is 1. The summed E-state index contributed by atoms with van der Waals surface area (Å²) in [6.45, 7) is 4.00. The molecule has 0 bridgehead atoms. The largest absolute Gasteiger partial charge is 0.478 e. The monoisotopic (exact) mass is 388 g/mol. The smallest absolute Gasteiger partial charge is 0.337 e. The summed E-state index contributed by atoms with van der Waals surface area (Å²) in [7, 11) is 0. The van der Waals surface area contributed by atoms with E-state index in [0.29, 0.717) is 5.56 Å². The van der Waals surface area contributed by atoms with Crippen LogP contribution in [0.25, 0.3) is 10.9 Å². The summed E-state index contributed by atoms with van der Waals surface area (Å²) in [6, 6.07) is 8.13. The van der Waals surface area contributed by atoms with Gasteiger partial charge >= 0.3 is 5.97 Å². The Labute approximate surface area is 149 Å². The van der Waals surface area contributed by atoms with Crippen molar-refractivity contribution in [3.8, 4) is 0 Å². The highest BCUT2D eigenvalue weighted by atomic mass is 79.9. The molecular formula is C19H21BrN2O2. The molecule has 1 aliphatic rings. The van der Waals surface area contributed by atoms with E-state index in [9.17, 15) is 4.79 Å². The van der Waals surface area contributed by atoms with Crippen LogP contribution < -0.4 is 0 Å². The van der Waals surface area contributed by atoms with Crippen molar-refractivity contribution in [3.63, 3.8) is 0 Å². The summed E-state index contributed by atoms with van der Waals surface area (Å²) >= 11 is 3.54. The summed E-state index contributed by atoms with van der Waals surface area (Å²) in [5.74, 6) is -0.879. The molecule has 4 rings (SSSR count).